The van der Waals surface area contributed by atoms with Crippen LogP contribution in [0.25, 0.3) is 22.4 Å². The van der Waals surface area contributed by atoms with Crippen molar-refractivity contribution in [1.29, 1.82) is 5.26 Å². The van der Waals surface area contributed by atoms with Gasteiger partial charge in [0.2, 0.25) is 0 Å². The van der Waals surface area contributed by atoms with E-state index in [1.807, 2.05) is 22.9 Å². The molecule has 1 N–H and O–H groups in total. The van der Waals surface area contributed by atoms with Crippen LogP contribution in [0.5, 0.6) is 0 Å². The van der Waals surface area contributed by atoms with Crippen LogP contribution in [0.2, 0.25) is 5.02 Å². The van der Waals surface area contributed by atoms with Crippen LogP contribution < -0.4 is 0 Å². The van der Waals surface area contributed by atoms with E-state index in [2.05, 4.69) is 27.9 Å². The van der Waals surface area contributed by atoms with E-state index >= 15 is 0 Å². The van der Waals surface area contributed by atoms with Crippen LogP contribution >= 0.6 is 11.6 Å². The Labute approximate surface area is 166 Å². The van der Waals surface area contributed by atoms with Crippen molar-refractivity contribution in [2.75, 3.05) is 0 Å². The first-order valence-corrected chi connectivity index (χ1v) is 9.26. The molecule has 140 valence electrons. The molecule has 4 aromatic rings. The standard InChI is InChI=1S/C21H17ClFN5/c1-13(8-20-26-18-5-2-14(11-24)9-19(18)27-20)12-28-7-6-25-21(28)15-3-4-17(23)16(22)10-15/h2-7,9-10,13H,8,12H2,1H3,(H,26,27). The van der Waals surface area contributed by atoms with E-state index in [1.165, 1.54) is 6.07 Å². The van der Waals surface area contributed by atoms with Gasteiger partial charge in [0.25, 0.3) is 0 Å². The lowest BCUT2D eigenvalue weighted by Crippen LogP contribution is -2.11. The van der Waals surface area contributed by atoms with E-state index in [1.54, 1.807) is 24.4 Å². The van der Waals surface area contributed by atoms with E-state index in [-0.39, 0.29) is 10.9 Å². The molecule has 2 heterocycles. The fourth-order valence-electron chi connectivity index (χ4n) is 3.31. The number of nitriles is 1. The zero-order valence-electron chi connectivity index (χ0n) is 15.2. The smallest absolute Gasteiger partial charge is 0.141 e. The lowest BCUT2D eigenvalue weighted by molar-refractivity contribution is 0.474. The van der Waals surface area contributed by atoms with Crippen molar-refractivity contribution >= 4 is 22.6 Å². The molecule has 1 unspecified atom stereocenters. The maximum atomic E-state index is 13.4. The average molecular weight is 394 g/mol. The van der Waals surface area contributed by atoms with Crippen LogP contribution in [0.3, 0.4) is 0 Å². The summed E-state index contributed by atoms with van der Waals surface area (Å²) in [7, 11) is 0. The molecule has 7 heteroatoms. The Balaban J connectivity index is 1.52. The van der Waals surface area contributed by atoms with E-state index in [9.17, 15) is 4.39 Å². The van der Waals surface area contributed by atoms with Gasteiger partial charge in [0.05, 0.1) is 27.7 Å². The van der Waals surface area contributed by atoms with Gasteiger partial charge in [-0.05, 0) is 42.3 Å². The topological polar surface area (TPSA) is 70.3 Å². The molecule has 28 heavy (non-hydrogen) atoms. The predicted octanol–water partition coefficient (Wildman–Crippen LogP) is 4.97. The molecule has 0 aliphatic rings. The minimum atomic E-state index is -0.443. The van der Waals surface area contributed by atoms with Crippen LogP contribution in [0.4, 0.5) is 4.39 Å². The van der Waals surface area contributed by atoms with E-state index < -0.39 is 5.82 Å². The van der Waals surface area contributed by atoms with Gasteiger partial charge in [0.1, 0.15) is 17.5 Å². The molecule has 0 saturated heterocycles. The molecule has 0 aliphatic heterocycles. The Morgan fingerprint density at radius 3 is 2.93 bits per heavy atom. The molecule has 5 nitrogen and oxygen atoms in total. The summed E-state index contributed by atoms with van der Waals surface area (Å²) >= 11 is 5.91. The number of benzene rings is 2. The quantitative estimate of drug-likeness (QED) is 0.520. The van der Waals surface area contributed by atoms with Crippen molar-refractivity contribution in [3.05, 3.63) is 71.0 Å². The van der Waals surface area contributed by atoms with Crippen molar-refractivity contribution < 1.29 is 4.39 Å². The van der Waals surface area contributed by atoms with Gasteiger partial charge in [0, 0.05) is 30.9 Å². The van der Waals surface area contributed by atoms with Crippen LogP contribution in [-0.2, 0) is 13.0 Å². The first-order valence-electron chi connectivity index (χ1n) is 8.89. The number of H-pyrrole nitrogens is 1. The molecular weight excluding hydrogens is 377 g/mol. The molecule has 0 bridgehead atoms. The summed E-state index contributed by atoms with van der Waals surface area (Å²) in [6.45, 7) is 2.86. The molecule has 0 amide bonds. The number of imidazole rings is 2. The molecule has 0 fully saturated rings. The van der Waals surface area contributed by atoms with Gasteiger partial charge in [-0.15, -0.1) is 0 Å². The molecule has 4 rings (SSSR count). The van der Waals surface area contributed by atoms with E-state index in [0.29, 0.717) is 5.56 Å². The second kappa shape index (κ2) is 7.45. The third-order valence-electron chi connectivity index (χ3n) is 4.60. The molecule has 0 aliphatic carbocycles. The van der Waals surface area contributed by atoms with E-state index in [4.69, 9.17) is 16.9 Å². The van der Waals surface area contributed by atoms with Gasteiger partial charge >= 0.3 is 0 Å². The number of nitrogens with zero attached hydrogens (tertiary/aromatic N) is 4. The third kappa shape index (κ3) is 3.62. The van der Waals surface area contributed by atoms with Crippen LogP contribution in [0.1, 0.15) is 18.3 Å². The average Bonchev–Trinajstić information content (AvgIpc) is 3.29. The number of nitrogens with one attached hydrogen (secondary N) is 1. The number of hydrogen-bond acceptors (Lipinski definition) is 3. The largest absolute Gasteiger partial charge is 0.342 e. The van der Waals surface area contributed by atoms with Crippen molar-refractivity contribution in [2.24, 2.45) is 5.92 Å². The Kier molecular flexibility index (Phi) is 4.84. The number of rotatable bonds is 5. The first-order chi connectivity index (χ1) is 13.5. The first kappa shape index (κ1) is 18.2. The van der Waals surface area contributed by atoms with Gasteiger partial charge < -0.3 is 9.55 Å². The van der Waals surface area contributed by atoms with Crippen molar-refractivity contribution in [3.8, 4) is 17.5 Å². The fourth-order valence-corrected chi connectivity index (χ4v) is 3.49. The second-order valence-electron chi connectivity index (χ2n) is 6.87. The minimum absolute atomic E-state index is 0.0825. The maximum absolute atomic E-state index is 13.4. The summed E-state index contributed by atoms with van der Waals surface area (Å²) in [5.74, 6) is 1.46. The Morgan fingerprint density at radius 1 is 1.29 bits per heavy atom. The van der Waals surface area contributed by atoms with Crippen molar-refractivity contribution in [1.82, 2.24) is 19.5 Å². The van der Waals surface area contributed by atoms with Gasteiger partial charge in [0.15, 0.2) is 0 Å². The summed E-state index contributed by atoms with van der Waals surface area (Å²) in [6.07, 6.45) is 4.38. The van der Waals surface area contributed by atoms with Crippen LogP contribution in [0, 0.1) is 23.1 Å². The fraction of sp³-hybridized carbons (Fsp3) is 0.190. The monoisotopic (exact) mass is 393 g/mol. The summed E-state index contributed by atoms with van der Waals surface area (Å²) in [6, 6.07) is 12.2. The normalized spacial score (nSPS) is 12.2. The summed E-state index contributed by atoms with van der Waals surface area (Å²) in [4.78, 5) is 12.3. The molecule has 1 atom stereocenters. The van der Waals surface area contributed by atoms with Crippen molar-refractivity contribution in [3.63, 3.8) is 0 Å². The highest BCUT2D eigenvalue weighted by Gasteiger charge is 2.13. The van der Waals surface area contributed by atoms with Crippen molar-refractivity contribution in [2.45, 2.75) is 19.9 Å². The highest BCUT2D eigenvalue weighted by Crippen LogP contribution is 2.25. The number of aromatic nitrogens is 4. The van der Waals surface area contributed by atoms with Gasteiger partial charge in [-0.1, -0.05) is 18.5 Å². The van der Waals surface area contributed by atoms with Gasteiger partial charge in [-0.3, -0.25) is 0 Å². The number of hydrogen-bond donors (Lipinski definition) is 1. The predicted molar refractivity (Wildman–Crippen MR) is 106 cm³/mol. The summed E-state index contributed by atoms with van der Waals surface area (Å²) in [5, 5.41) is 9.11. The van der Waals surface area contributed by atoms with Gasteiger partial charge in [-0.25, -0.2) is 14.4 Å². The second-order valence-corrected chi connectivity index (χ2v) is 7.28. The Morgan fingerprint density at radius 2 is 2.14 bits per heavy atom. The minimum Gasteiger partial charge on any atom is -0.342 e. The lowest BCUT2D eigenvalue weighted by atomic mass is 10.1. The number of fused-ring (bicyclic) bond motifs is 1. The molecule has 2 aromatic heterocycles. The summed E-state index contributed by atoms with van der Waals surface area (Å²) < 4.78 is 15.5. The molecule has 0 spiro atoms. The Bertz CT molecular complexity index is 1190. The number of aromatic amines is 1. The van der Waals surface area contributed by atoms with E-state index in [0.717, 1.165) is 41.2 Å². The molecule has 0 radical (unpaired) electrons. The highest BCUT2D eigenvalue weighted by atomic mass is 35.5. The zero-order chi connectivity index (χ0) is 19.7. The third-order valence-corrected chi connectivity index (χ3v) is 4.89. The van der Waals surface area contributed by atoms with Crippen LogP contribution in [-0.4, -0.2) is 19.5 Å². The molecule has 2 aromatic carbocycles. The van der Waals surface area contributed by atoms with Crippen LogP contribution in [0.15, 0.2) is 48.8 Å². The molecule has 0 saturated carbocycles. The number of halogens is 2. The summed E-state index contributed by atoms with van der Waals surface area (Å²) in [5.41, 5.74) is 3.10. The Hall–Kier alpha value is -3.17. The lowest BCUT2D eigenvalue weighted by Gasteiger charge is -2.14. The van der Waals surface area contributed by atoms with Gasteiger partial charge in [-0.2, -0.15) is 5.26 Å². The zero-order valence-corrected chi connectivity index (χ0v) is 15.9. The highest BCUT2D eigenvalue weighted by molar-refractivity contribution is 6.31. The maximum Gasteiger partial charge on any atom is 0.141 e. The molecular formula is C21H17ClFN5. The SMILES string of the molecule is CC(Cc1nc2ccc(C#N)cc2[nH]1)Cn1ccnc1-c1ccc(F)c(Cl)c1.